The van der Waals surface area contributed by atoms with Crippen LogP contribution in [0.25, 0.3) is 5.69 Å². The lowest BCUT2D eigenvalue weighted by Gasteiger charge is -2.20. The van der Waals surface area contributed by atoms with E-state index in [1.165, 1.54) is 31.4 Å². The van der Waals surface area contributed by atoms with E-state index in [1.807, 2.05) is 0 Å². The predicted octanol–water partition coefficient (Wildman–Crippen LogP) is 1.48. The molecule has 0 atom stereocenters. The number of aromatic nitrogens is 4. The monoisotopic (exact) mass is 417 g/mol. The molecule has 0 aliphatic rings. The zero-order chi connectivity index (χ0) is 22.0. The Kier molecular flexibility index (Phi) is 5.49. The van der Waals surface area contributed by atoms with E-state index in [0.29, 0.717) is 9.36 Å². The first kappa shape index (κ1) is 20.5. The minimum Gasteiger partial charge on any atom is -0.506 e. The minimum absolute atomic E-state index is 0.0501. The number of hydrogen-bond donors (Lipinski definition) is 2. The molecule has 0 spiro atoms. The molecule has 2 N–H and O–H groups in total. The Bertz CT molecular complexity index is 1170. The summed E-state index contributed by atoms with van der Waals surface area (Å²) in [5.74, 6) is -2.68. The Labute approximate surface area is 168 Å². The molecule has 156 valence electrons. The molecule has 2 aromatic carbocycles. The first-order valence-electron chi connectivity index (χ1n) is 8.56. The molecule has 30 heavy (non-hydrogen) atoms. The number of tetrazole rings is 1. The van der Waals surface area contributed by atoms with Gasteiger partial charge in [-0.15, -0.1) is 4.68 Å². The average Bonchev–Trinajstić information content (AvgIpc) is 3.09. The number of carbonyl (C=O) groups excluding carboxylic acids is 1. The summed E-state index contributed by atoms with van der Waals surface area (Å²) < 4.78 is 19.9. The lowest BCUT2D eigenvalue weighted by molar-refractivity contribution is 0.0693. The molecule has 0 unspecified atom stereocenters. The maximum atomic E-state index is 14.0. The highest BCUT2D eigenvalue weighted by Crippen LogP contribution is 2.26. The molecule has 0 radical (unpaired) electrons. The van der Waals surface area contributed by atoms with Crippen molar-refractivity contribution in [1.82, 2.24) is 19.8 Å². The van der Waals surface area contributed by atoms with Gasteiger partial charge in [-0.05, 0) is 47.7 Å². The van der Waals surface area contributed by atoms with E-state index in [4.69, 9.17) is 4.74 Å². The molecule has 0 saturated carbocycles. The summed E-state index contributed by atoms with van der Waals surface area (Å²) in [6.45, 7) is 1.65. The van der Waals surface area contributed by atoms with Gasteiger partial charge in [0.1, 0.15) is 22.7 Å². The number of halogens is 1. The summed E-state index contributed by atoms with van der Waals surface area (Å²) in [6.07, 6.45) is 0. The first-order valence-corrected chi connectivity index (χ1v) is 8.56. The number of para-hydroxylation sites is 1. The standard InChI is InChI=1S/C18H16FN5O6/c1-3-22(10-7-8-14(30-2)11(9-10)16(26)27)17(28)24-18(29)23(20-21-24)15-12(19)5-4-6-13(15)25/h4-9,25H,3H2,1-2H3,(H,26,27). The number of phenolic OH excluding ortho intramolecular Hbond substituents is 1. The van der Waals surface area contributed by atoms with E-state index in [9.17, 15) is 29.0 Å². The van der Waals surface area contributed by atoms with Gasteiger partial charge in [-0.1, -0.05) is 6.07 Å². The van der Waals surface area contributed by atoms with Crippen molar-refractivity contribution in [3.63, 3.8) is 0 Å². The van der Waals surface area contributed by atoms with Crippen molar-refractivity contribution in [1.29, 1.82) is 0 Å². The third kappa shape index (κ3) is 3.45. The molecular formula is C18H16FN5O6. The fourth-order valence-electron chi connectivity index (χ4n) is 2.79. The fourth-order valence-corrected chi connectivity index (χ4v) is 2.79. The van der Waals surface area contributed by atoms with E-state index in [-0.39, 0.29) is 23.5 Å². The highest BCUT2D eigenvalue weighted by Gasteiger charge is 2.25. The number of carboxylic acid groups (broad SMARTS) is 1. The largest absolute Gasteiger partial charge is 0.506 e. The van der Waals surface area contributed by atoms with Crippen LogP contribution in [0.3, 0.4) is 0 Å². The molecule has 0 aliphatic carbocycles. The summed E-state index contributed by atoms with van der Waals surface area (Å²) in [4.78, 5) is 38.0. The van der Waals surface area contributed by atoms with Gasteiger partial charge in [-0.2, -0.15) is 4.68 Å². The maximum Gasteiger partial charge on any atom is 0.377 e. The van der Waals surface area contributed by atoms with Gasteiger partial charge in [-0.3, -0.25) is 4.90 Å². The molecule has 11 nitrogen and oxygen atoms in total. The van der Waals surface area contributed by atoms with Gasteiger partial charge < -0.3 is 14.9 Å². The van der Waals surface area contributed by atoms with Crippen LogP contribution < -0.4 is 15.3 Å². The number of carboxylic acids is 1. The highest BCUT2D eigenvalue weighted by atomic mass is 19.1. The van der Waals surface area contributed by atoms with Crippen LogP contribution in [0.2, 0.25) is 0 Å². The second kappa shape index (κ2) is 8.03. The van der Waals surface area contributed by atoms with Crippen LogP contribution in [0.1, 0.15) is 17.3 Å². The van der Waals surface area contributed by atoms with Crippen LogP contribution in [0, 0.1) is 5.82 Å². The van der Waals surface area contributed by atoms with E-state index in [2.05, 4.69) is 10.4 Å². The Morgan fingerprint density at radius 3 is 2.57 bits per heavy atom. The van der Waals surface area contributed by atoms with Crippen LogP contribution in [-0.4, -0.2) is 55.7 Å². The van der Waals surface area contributed by atoms with Crippen LogP contribution in [0.15, 0.2) is 41.2 Å². The molecule has 1 heterocycles. The normalized spacial score (nSPS) is 10.6. The highest BCUT2D eigenvalue weighted by molar-refractivity contribution is 5.96. The fraction of sp³-hybridized carbons (Fsp3) is 0.167. The zero-order valence-corrected chi connectivity index (χ0v) is 15.8. The lowest BCUT2D eigenvalue weighted by Crippen LogP contribution is -2.41. The number of hydrogen-bond acceptors (Lipinski definition) is 7. The Balaban J connectivity index is 2.04. The molecule has 3 aromatic rings. The average molecular weight is 417 g/mol. The number of ether oxygens (including phenoxy) is 1. The molecule has 1 amide bonds. The Morgan fingerprint density at radius 1 is 1.23 bits per heavy atom. The number of benzene rings is 2. The van der Waals surface area contributed by atoms with Gasteiger partial charge in [-0.25, -0.2) is 18.8 Å². The van der Waals surface area contributed by atoms with Crippen molar-refractivity contribution in [3.05, 3.63) is 58.3 Å². The van der Waals surface area contributed by atoms with Gasteiger partial charge in [0.05, 0.1) is 7.11 Å². The Hall–Kier alpha value is -4.22. The maximum absolute atomic E-state index is 14.0. The molecular weight excluding hydrogens is 401 g/mol. The second-order valence-corrected chi connectivity index (χ2v) is 5.91. The quantitative estimate of drug-likeness (QED) is 0.595. The number of amides is 1. The smallest absolute Gasteiger partial charge is 0.377 e. The Morgan fingerprint density at radius 2 is 1.97 bits per heavy atom. The van der Waals surface area contributed by atoms with Crippen molar-refractivity contribution in [2.24, 2.45) is 0 Å². The van der Waals surface area contributed by atoms with Crippen molar-refractivity contribution < 1.29 is 28.9 Å². The number of aromatic carboxylic acids is 1. The van der Waals surface area contributed by atoms with Crippen molar-refractivity contribution in [2.75, 3.05) is 18.6 Å². The molecule has 1 aromatic heterocycles. The number of rotatable bonds is 5. The van der Waals surface area contributed by atoms with E-state index in [1.54, 1.807) is 6.92 Å². The number of carbonyl (C=O) groups is 2. The SMILES string of the molecule is CCN(C(=O)n1nnn(-c2c(O)cccc2F)c1=O)c1ccc(OC)c(C(=O)O)c1. The number of nitrogens with zero attached hydrogens (tertiary/aromatic N) is 5. The minimum atomic E-state index is -1.27. The number of aromatic hydroxyl groups is 1. The molecule has 0 fully saturated rings. The number of anilines is 1. The van der Waals surface area contributed by atoms with Crippen LogP contribution in [0.5, 0.6) is 11.5 Å². The number of methoxy groups -OCH3 is 1. The van der Waals surface area contributed by atoms with Gasteiger partial charge in [0.25, 0.3) is 0 Å². The summed E-state index contributed by atoms with van der Waals surface area (Å²) in [5.41, 5.74) is -1.70. The molecule has 3 rings (SSSR count). The predicted molar refractivity (Wildman–Crippen MR) is 101 cm³/mol. The molecule has 0 aliphatic heterocycles. The molecule has 12 heteroatoms. The first-order chi connectivity index (χ1) is 14.3. The molecule has 0 bridgehead atoms. The van der Waals surface area contributed by atoms with Crippen LogP contribution in [0.4, 0.5) is 14.9 Å². The summed E-state index contributed by atoms with van der Waals surface area (Å²) in [7, 11) is 1.31. The van der Waals surface area contributed by atoms with Crippen molar-refractivity contribution in [3.8, 4) is 17.2 Å². The van der Waals surface area contributed by atoms with E-state index >= 15 is 0 Å². The van der Waals surface area contributed by atoms with Crippen LogP contribution in [-0.2, 0) is 0 Å². The summed E-state index contributed by atoms with van der Waals surface area (Å²) in [6, 6.07) is 6.44. The molecule has 0 saturated heterocycles. The lowest BCUT2D eigenvalue weighted by atomic mass is 10.1. The third-order valence-electron chi connectivity index (χ3n) is 4.21. The topological polar surface area (TPSA) is 140 Å². The second-order valence-electron chi connectivity index (χ2n) is 5.91. The van der Waals surface area contributed by atoms with Gasteiger partial charge >= 0.3 is 17.7 Å². The summed E-state index contributed by atoms with van der Waals surface area (Å²) in [5, 5.41) is 26.1. The summed E-state index contributed by atoms with van der Waals surface area (Å²) >= 11 is 0. The zero-order valence-electron chi connectivity index (χ0n) is 15.8. The van der Waals surface area contributed by atoms with Gasteiger partial charge in [0.2, 0.25) is 0 Å². The van der Waals surface area contributed by atoms with Gasteiger partial charge in [0.15, 0.2) is 5.82 Å². The van der Waals surface area contributed by atoms with Crippen molar-refractivity contribution >= 4 is 17.7 Å². The van der Waals surface area contributed by atoms with Crippen LogP contribution >= 0.6 is 0 Å². The third-order valence-corrected chi connectivity index (χ3v) is 4.21. The van der Waals surface area contributed by atoms with E-state index < -0.39 is 34.9 Å². The van der Waals surface area contributed by atoms with E-state index in [0.717, 1.165) is 17.0 Å². The van der Waals surface area contributed by atoms with Gasteiger partial charge in [0, 0.05) is 12.2 Å². The van der Waals surface area contributed by atoms with Crippen molar-refractivity contribution in [2.45, 2.75) is 6.92 Å². The number of phenols is 1.